The molecule has 0 radical (unpaired) electrons. The Labute approximate surface area is 174 Å². The van der Waals surface area contributed by atoms with E-state index in [1.807, 2.05) is 0 Å². The molecule has 1 saturated heterocycles. The summed E-state index contributed by atoms with van der Waals surface area (Å²) in [5.41, 5.74) is 0.338. The number of amides is 1. The summed E-state index contributed by atoms with van der Waals surface area (Å²) in [6.07, 6.45) is 1.57. The Kier molecular flexibility index (Phi) is 5.83. The number of allylic oxidation sites excluding steroid dienone is 2. The van der Waals surface area contributed by atoms with Gasteiger partial charge in [-0.15, -0.1) is 0 Å². The highest BCUT2D eigenvalue weighted by molar-refractivity contribution is 5.95. The first kappa shape index (κ1) is 21.1. The van der Waals surface area contributed by atoms with Crippen LogP contribution in [0.5, 0.6) is 0 Å². The van der Waals surface area contributed by atoms with Crippen LogP contribution in [0.4, 0.5) is 17.6 Å². The molecule has 3 atom stereocenters. The van der Waals surface area contributed by atoms with E-state index >= 15 is 0 Å². The summed E-state index contributed by atoms with van der Waals surface area (Å²) < 4.78 is 59.5. The number of carbonyl (C=O) groups is 1. The largest absolute Gasteiger partial charge is 0.451 e. The summed E-state index contributed by atoms with van der Waals surface area (Å²) in [7, 11) is 0. The third kappa shape index (κ3) is 4.80. The third-order valence-electron chi connectivity index (χ3n) is 4.82. The molecule has 1 aliphatic heterocycles. The van der Waals surface area contributed by atoms with E-state index in [9.17, 15) is 22.4 Å². The highest BCUT2D eigenvalue weighted by Crippen LogP contribution is 2.26. The Hall–Kier alpha value is -3.12. The van der Waals surface area contributed by atoms with Crippen LogP contribution in [0.3, 0.4) is 0 Å². The van der Waals surface area contributed by atoms with Crippen molar-refractivity contribution < 1.29 is 27.1 Å². The van der Waals surface area contributed by atoms with Gasteiger partial charge in [0, 0.05) is 43.2 Å². The average molecular weight is 438 g/mol. The molecule has 164 valence electrons. The number of morpholine rings is 1. The van der Waals surface area contributed by atoms with E-state index in [-0.39, 0.29) is 23.2 Å². The van der Waals surface area contributed by atoms with Crippen molar-refractivity contribution in [3.05, 3.63) is 60.0 Å². The van der Waals surface area contributed by atoms with E-state index < -0.39 is 30.0 Å². The van der Waals surface area contributed by atoms with Crippen LogP contribution in [0.15, 0.2) is 48.6 Å². The summed E-state index contributed by atoms with van der Waals surface area (Å²) >= 11 is 0. The van der Waals surface area contributed by atoms with Gasteiger partial charge < -0.3 is 15.4 Å². The minimum absolute atomic E-state index is 0.0683. The molecule has 2 unspecified atom stereocenters. The number of ether oxygens (including phenoxy) is 1. The Morgan fingerprint density at radius 3 is 2.90 bits per heavy atom. The molecule has 8 nitrogen and oxygen atoms in total. The molecule has 4 rings (SSSR count). The Balaban J connectivity index is 1.42. The second-order valence-electron chi connectivity index (χ2n) is 6.98. The van der Waals surface area contributed by atoms with Gasteiger partial charge in [0.1, 0.15) is 6.17 Å². The van der Waals surface area contributed by atoms with E-state index in [1.54, 1.807) is 12.2 Å². The van der Waals surface area contributed by atoms with Gasteiger partial charge >= 0.3 is 6.18 Å². The lowest BCUT2D eigenvalue weighted by atomic mass is 9.91. The minimum Gasteiger partial charge on any atom is -0.375 e. The molecule has 0 bridgehead atoms. The first-order valence-corrected chi connectivity index (χ1v) is 9.44. The van der Waals surface area contributed by atoms with Crippen LogP contribution in [-0.4, -0.2) is 57.6 Å². The molecule has 1 aliphatic carbocycles. The molecule has 2 N–H and O–H groups in total. The molecular weight excluding hydrogens is 420 g/mol. The number of carbonyl (C=O) groups excluding carboxylic acids is 1. The number of nitrogens with zero attached hydrogens (tertiary/aromatic N) is 4. The number of rotatable bonds is 4. The molecule has 12 heteroatoms. The van der Waals surface area contributed by atoms with Gasteiger partial charge in [-0.05, 0) is 12.2 Å². The highest BCUT2D eigenvalue weighted by Gasteiger charge is 2.35. The summed E-state index contributed by atoms with van der Waals surface area (Å²) in [5, 5.41) is 9.59. The molecule has 0 aromatic carbocycles. The van der Waals surface area contributed by atoms with E-state index in [2.05, 4.69) is 25.7 Å². The SMILES string of the molecule is O=C(NC1=CC(F)C([C@H]2CNCCO2)C=C1)c1cnn(-c2ccnc(C(F)(F)F)n2)c1. The predicted octanol–water partition coefficient (Wildman–Crippen LogP) is 1.81. The van der Waals surface area contributed by atoms with Crippen molar-refractivity contribution in [1.29, 1.82) is 0 Å². The van der Waals surface area contributed by atoms with Crippen molar-refractivity contribution in [2.45, 2.75) is 18.5 Å². The van der Waals surface area contributed by atoms with Gasteiger partial charge in [-0.2, -0.15) is 18.3 Å². The lowest BCUT2D eigenvalue weighted by Crippen LogP contribution is -2.45. The van der Waals surface area contributed by atoms with Crippen molar-refractivity contribution in [3.8, 4) is 5.82 Å². The van der Waals surface area contributed by atoms with Crippen molar-refractivity contribution in [3.63, 3.8) is 0 Å². The topological polar surface area (TPSA) is 94.0 Å². The van der Waals surface area contributed by atoms with Crippen LogP contribution in [-0.2, 0) is 10.9 Å². The van der Waals surface area contributed by atoms with Crippen LogP contribution in [0, 0.1) is 5.92 Å². The number of aromatic nitrogens is 4. The zero-order valence-corrected chi connectivity index (χ0v) is 16.0. The molecule has 0 saturated carbocycles. The Morgan fingerprint density at radius 1 is 1.35 bits per heavy atom. The first-order chi connectivity index (χ1) is 14.8. The van der Waals surface area contributed by atoms with Crippen molar-refractivity contribution >= 4 is 5.91 Å². The summed E-state index contributed by atoms with van der Waals surface area (Å²) in [4.78, 5) is 19.1. The van der Waals surface area contributed by atoms with Crippen LogP contribution < -0.4 is 10.6 Å². The van der Waals surface area contributed by atoms with Crippen molar-refractivity contribution in [2.75, 3.05) is 19.7 Å². The quantitative estimate of drug-likeness (QED) is 0.708. The fourth-order valence-electron chi connectivity index (χ4n) is 3.29. The summed E-state index contributed by atoms with van der Waals surface area (Å²) in [5.74, 6) is -2.51. The van der Waals surface area contributed by atoms with Crippen LogP contribution in [0.1, 0.15) is 16.2 Å². The predicted molar refractivity (Wildman–Crippen MR) is 99.8 cm³/mol. The van der Waals surface area contributed by atoms with Gasteiger partial charge in [0.25, 0.3) is 5.91 Å². The van der Waals surface area contributed by atoms with E-state index in [1.165, 1.54) is 24.5 Å². The lowest BCUT2D eigenvalue weighted by molar-refractivity contribution is -0.145. The summed E-state index contributed by atoms with van der Waals surface area (Å²) in [6, 6.07) is 1.23. The smallest absolute Gasteiger partial charge is 0.375 e. The molecule has 2 aromatic heterocycles. The lowest BCUT2D eigenvalue weighted by Gasteiger charge is -2.32. The number of halogens is 4. The van der Waals surface area contributed by atoms with Gasteiger partial charge in [0.05, 0.1) is 24.5 Å². The molecule has 31 heavy (non-hydrogen) atoms. The maximum Gasteiger partial charge on any atom is 0.451 e. The monoisotopic (exact) mass is 438 g/mol. The molecule has 1 fully saturated rings. The van der Waals surface area contributed by atoms with Crippen molar-refractivity contribution in [2.24, 2.45) is 5.92 Å². The van der Waals surface area contributed by atoms with Gasteiger partial charge in [-0.1, -0.05) is 6.08 Å². The second-order valence-corrected chi connectivity index (χ2v) is 6.98. The van der Waals surface area contributed by atoms with Crippen LogP contribution in [0.25, 0.3) is 5.82 Å². The van der Waals surface area contributed by atoms with Crippen LogP contribution in [0.2, 0.25) is 0 Å². The number of hydrogen-bond acceptors (Lipinski definition) is 6. The van der Waals surface area contributed by atoms with Gasteiger partial charge in [-0.25, -0.2) is 19.0 Å². The fourth-order valence-corrected chi connectivity index (χ4v) is 3.29. The van der Waals surface area contributed by atoms with E-state index in [0.29, 0.717) is 13.2 Å². The molecule has 2 aromatic rings. The second kappa shape index (κ2) is 8.55. The van der Waals surface area contributed by atoms with E-state index in [4.69, 9.17) is 4.74 Å². The van der Waals surface area contributed by atoms with E-state index in [0.717, 1.165) is 17.4 Å². The van der Waals surface area contributed by atoms with Crippen molar-refractivity contribution in [1.82, 2.24) is 30.4 Å². The third-order valence-corrected chi connectivity index (χ3v) is 4.82. The molecule has 2 aliphatic rings. The Morgan fingerprint density at radius 2 is 2.19 bits per heavy atom. The Bertz CT molecular complexity index is 1010. The number of nitrogens with one attached hydrogen (secondary N) is 2. The zero-order valence-electron chi connectivity index (χ0n) is 16.0. The molecule has 0 spiro atoms. The maximum absolute atomic E-state index is 14.6. The minimum atomic E-state index is -4.71. The van der Waals surface area contributed by atoms with Gasteiger partial charge in [-0.3, -0.25) is 4.79 Å². The van der Waals surface area contributed by atoms with Gasteiger partial charge in [0.15, 0.2) is 5.82 Å². The highest BCUT2D eigenvalue weighted by atomic mass is 19.4. The van der Waals surface area contributed by atoms with Crippen LogP contribution >= 0.6 is 0 Å². The maximum atomic E-state index is 14.6. The molecular formula is C19H18F4N6O2. The standard InChI is InChI=1S/C19H18F4N6O2/c20-14-7-12(1-2-13(14)15-9-24-5-6-31-15)27-17(30)11-8-26-29(10-11)16-3-4-25-18(28-16)19(21,22)23/h1-4,7-8,10,13-15,24H,5-6,9H2,(H,27,30)/t13?,14?,15-/m1/s1. The molecule has 1 amide bonds. The average Bonchev–Trinajstić information content (AvgIpc) is 3.25. The summed E-state index contributed by atoms with van der Waals surface area (Å²) in [6.45, 7) is 1.78. The zero-order chi connectivity index (χ0) is 22.0. The number of alkyl halides is 4. The normalized spacial score (nSPS) is 24.0. The van der Waals surface area contributed by atoms with Gasteiger partial charge in [0.2, 0.25) is 5.82 Å². The first-order valence-electron chi connectivity index (χ1n) is 9.44. The fraction of sp³-hybridized carbons (Fsp3) is 0.368. The number of hydrogen-bond donors (Lipinski definition) is 2. The molecule has 3 heterocycles.